The number of aromatic nitrogens is 1. The van der Waals surface area contributed by atoms with E-state index in [2.05, 4.69) is 40.7 Å². The van der Waals surface area contributed by atoms with Crippen LogP contribution in [0.15, 0.2) is 48.5 Å². The van der Waals surface area contributed by atoms with E-state index in [1.807, 2.05) is 24.3 Å². The molecule has 4 rings (SSSR count). The van der Waals surface area contributed by atoms with E-state index in [9.17, 15) is 4.79 Å². The van der Waals surface area contributed by atoms with Crippen LogP contribution >= 0.6 is 11.3 Å². The number of thiazole rings is 1. The Bertz CT molecular complexity index is 1150. The Morgan fingerprint density at radius 1 is 1.27 bits per heavy atom. The van der Waals surface area contributed by atoms with Gasteiger partial charge in [0, 0.05) is 28.7 Å². The van der Waals surface area contributed by atoms with Gasteiger partial charge in [-0.05, 0) is 75.8 Å². The number of anilines is 2. The van der Waals surface area contributed by atoms with Gasteiger partial charge < -0.3 is 15.0 Å². The highest BCUT2D eigenvalue weighted by Gasteiger charge is 2.24. The predicted octanol–water partition coefficient (Wildman–Crippen LogP) is 4.18. The van der Waals surface area contributed by atoms with Crippen molar-refractivity contribution in [1.29, 1.82) is 5.26 Å². The Balaban J connectivity index is 1.29. The standard InChI is InChI=1S/C25H27N5O2S/c1-30(2)20-10-11-22-23(15-20)33-25(28-22)29-24(31)18-4-3-5-21(14-18)32-13-12-27-19-8-6-17(16-26)7-9-19/h3-9,14,20,27H,10-13,15H2,1-2H3,(H,28,29,31). The van der Waals surface area contributed by atoms with E-state index in [-0.39, 0.29) is 5.91 Å². The first-order valence-electron chi connectivity index (χ1n) is 10.9. The Hall–Kier alpha value is -3.41. The molecule has 1 atom stereocenters. The van der Waals surface area contributed by atoms with Crippen molar-refractivity contribution >= 4 is 28.1 Å². The Labute approximate surface area is 198 Å². The van der Waals surface area contributed by atoms with Crippen LogP contribution in [0, 0.1) is 11.3 Å². The van der Waals surface area contributed by atoms with Gasteiger partial charge in [-0.2, -0.15) is 5.26 Å². The number of rotatable bonds is 8. The molecule has 33 heavy (non-hydrogen) atoms. The highest BCUT2D eigenvalue weighted by molar-refractivity contribution is 7.15. The van der Waals surface area contributed by atoms with Crippen LogP contribution in [0.4, 0.5) is 10.8 Å². The molecule has 1 unspecified atom stereocenters. The fourth-order valence-corrected chi connectivity index (χ4v) is 4.85. The van der Waals surface area contributed by atoms with Gasteiger partial charge in [0.25, 0.3) is 5.91 Å². The van der Waals surface area contributed by atoms with E-state index in [0.29, 0.717) is 41.2 Å². The number of hydrogen-bond acceptors (Lipinski definition) is 7. The average molecular weight is 462 g/mol. The van der Waals surface area contributed by atoms with Crippen LogP contribution in [-0.4, -0.2) is 49.1 Å². The molecule has 2 N–H and O–H groups in total. The Kier molecular flexibility index (Phi) is 7.23. The lowest BCUT2D eigenvalue weighted by atomic mass is 9.97. The molecule has 1 heterocycles. The number of nitrogens with zero attached hydrogens (tertiary/aromatic N) is 3. The van der Waals surface area contributed by atoms with E-state index in [1.54, 1.807) is 35.6 Å². The van der Waals surface area contributed by atoms with E-state index in [4.69, 9.17) is 10.00 Å². The molecular formula is C25H27N5O2S. The molecular weight excluding hydrogens is 434 g/mol. The number of carbonyl (C=O) groups excluding carboxylic acids is 1. The number of aryl methyl sites for hydroxylation is 1. The van der Waals surface area contributed by atoms with Gasteiger partial charge in [-0.3, -0.25) is 10.1 Å². The Morgan fingerprint density at radius 3 is 2.85 bits per heavy atom. The summed E-state index contributed by atoms with van der Waals surface area (Å²) < 4.78 is 5.80. The van der Waals surface area contributed by atoms with Crippen molar-refractivity contribution in [2.45, 2.75) is 25.3 Å². The Morgan fingerprint density at radius 2 is 2.09 bits per heavy atom. The summed E-state index contributed by atoms with van der Waals surface area (Å²) >= 11 is 1.57. The van der Waals surface area contributed by atoms with Gasteiger partial charge in [0.2, 0.25) is 0 Å². The van der Waals surface area contributed by atoms with Crippen molar-refractivity contribution in [3.8, 4) is 11.8 Å². The molecule has 0 saturated heterocycles. The monoisotopic (exact) mass is 461 g/mol. The minimum atomic E-state index is -0.189. The van der Waals surface area contributed by atoms with Crippen molar-refractivity contribution in [3.63, 3.8) is 0 Å². The van der Waals surface area contributed by atoms with Crippen LogP contribution in [0.3, 0.4) is 0 Å². The SMILES string of the molecule is CN(C)C1CCc2nc(NC(=O)c3cccc(OCCNc4ccc(C#N)cc4)c3)sc2C1. The summed E-state index contributed by atoms with van der Waals surface area (Å²) in [6.07, 6.45) is 3.02. The zero-order chi connectivity index (χ0) is 23.2. The molecule has 0 fully saturated rings. The number of amides is 1. The fraction of sp³-hybridized carbons (Fsp3) is 0.320. The molecule has 7 nitrogen and oxygen atoms in total. The molecule has 1 aliphatic carbocycles. The zero-order valence-electron chi connectivity index (χ0n) is 18.8. The lowest BCUT2D eigenvalue weighted by molar-refractivity contribution is 0.102. The molecule has 1 amide bonds. The number of nitrogens with one attached hydrogen (secondary N) is 2. The van der Waals surface area contributed by atoms with Crippen LogP contribution < -0.4 is 15.4 Å². The van der Waals surface area contributed by atoms with Gasteiger partial charge in [0.1, 0.15) is 12.4 Å². The summed E-state index contributed by atoms with van der Waals surface area (Å²) in [5.74, 6) is 0.447. The first-order chi connectivity index (χ1) is 16.0. The predicted molar refractivity (Wildman–Crippen MR) is 131 cm³/mol. The molecule has 0 spiro atoms. The van der Waals surface area contributed by atoms with Crippen molar-refractivity contribution in [3.05, 3.63) is 70.2 Å². The second-order valence-electron chi connectivity index (χ2n) is 8.20. The van der Waals surface area contributed by atoms with Gasteiger partial charge in [0.05, 0.1) is 17.3 Å². The van der Waals surface area contributed by atoms with E-state index in [0.717, 1.165) is 30.6 Å². The van der Waals surface area contributed by atoms with Gasteiger partial charge in [-0.25, -0.2) is 4.98 Å². The number of fused-ring (bicyclic) bond motifs is 1. The molecule has 0 aliphatic heterocycles. The molecule has 0 radical (unpaired) electrons. The molecule has 2 aromatic carbocycles. The first-order valence-corrected chi connectivity index (χ1v) is 11.8. The average Bonchev–Trinajstić information content (AvgIpc) is 3.24. The fourth-order valence-electron chi connectivity index (χ4n) is 3.78. The molecule has 3 aromatic rings. The number of carbonyl (C=O) groups is 1. The van der Waals surface area contributed by atoms with Crippen LogP contribution in [-0.2, 0) is 12.8 Å². The number of likely N-dealkylation sites (N-methyl/N-ethyl adjacent to an activating group) is 1. The minimum absolute atomic E-state index is 0.189. The van der Waals surface area contributed by atoms with Crippen LogP contribution in [0.5, 0.6) is 5.75 Å². The van der Waals surface area contributed by atoms with Gasteiger partial charge >= 0.3 is 0 Å². The quantitative estimate of drug-likeness (QED) is 0.489. The van der Waals surface area contributed by atoms with E-state index < -0.39 is 0 Å². The maximum atomic E-state index is 12.8. The molecule has 8 heteroatoms. The molecule has 170 valence electrons. The maximum absolute atomic E-state index is 12.8. The summed E-state index contributed by atoms with van der Waals surface area (Å²) in [4.78, 5) is 20.9. The topological polar surface area (TPSA) is 90.3 Å². The van der Waals surface area contributed by atoms with Gasteiger partial charge in [-0.1, -0.05) is 6.07 Å². The summed E-state index contributed by atoms with van der Waals surface area (Å²) in [7, 11) is 4.22. The summed E-state index contributed by atoms with van der Waals surface area (Å²) in [6, 6.07) is 17.1. The van der Waals surface area contributed by atoms with Crippen molar-refractivity contribution in [2.24, 2.45) is 0 Å². The number of nitriles is 1. The lowest BCUT2D eigenvalue weighted by Crippen LogP contribution is -2.32. The summed E-state index contributed by atoms with van der Waals surface area (Å²) in [6.45, 7) is 1.04. The maximum Gasteiger partial charge on any atom is 0.257 e. The second-order valence-corrected chi connectivity index (χ2v) is 9.28. The molecule has 1 aliphatic rings. The van der Waals surface area contributed by atoms with Gasteiger partial charge in [0.15, 0.2) is 5.13 Å². The third-order valence-electron chi connectivity index (χ3n) is 5.67. The number of benzene rings is 2. The van der Waals surface area contributed by atoms with Crippen LogP contribution in [0.2, 0.25) is 0 Å². The summed E-state index contributed by atoms with van der Waals surface area (Å²) in [5, 5.41) is 15.7. The molecule has 0 saturated carbocycles. The normalized spacial score (nSPS) is 14.9. The second kappa shape index (κ2) is 10.5. The molecule has 0 bridgehead atoms. The van der Waals surface area contributed by atoms with Crippen molar-refractivity contribution in [1.82, 2.24) is 9.88 Å². The highest BCUT2D eigenvalue weighted by atomic mass is 32.1. The molecule has 1 aromatic heterocycles. The number of hydrogen-bond donors (Lipinski definition) is 2. The third kappa shape index (κ3) is 5.89. The largest absolute Gasteiger partial charge is 0.492 e. The third-order valence-corrected chi connectivity index (χ3v) is 6.71. The van der Waals surface area contributed by atoms with Crippen molar-refractivity contribution < 1.29 is 9.53 Å². The van der Waals surface area contributed by atoms with E-state index in [1.165, 1.54) is 4.88 Å². The van der Waals surface area contributed by atoms with Crippen LogP contribution in [0.1, 0.15) is 32.9 Å². The minimum Gasteiger partial charge on any atom is -0.492 e. The summed E-state index contributed by atoms with van der Waals surface area (Å²) in [5.41, 5.74) is 3.20. The first kappa shape index (κ1) is 22.8. The van der Waals surface area contributed by atoms with E-state index >= 15 is 0 Å². The highest BCUT2D eigenvalue weighted by Crippen LogP contribution is 2.31. The zero-order valence-corrected chi connectivity index (χ0v) is 19.6. The smallest absolute Gasteiger partial charge is 0.257 e. The number of ether oxygens (including phenoxy) is 1. The lowest BCUT2D eigenvalue weighted by Gasteiger charge is -2.27. The van der Waals surface area contributed by atoms with Crippen molar-refractivity contribution in [2.75, 3.05) is 37.9 Å². The van der Waals surface area contributed by atoms with Gasteiger partial charge in [-0.15, -0.1) is 11.3 Å². The van der Waals surface area contributed by atoms with Crippen LogP contribution in [0.25, 0.3) is 0 Å².